The third-order valence-corrected chi connectivity index (χ3v) is 1.79. The second kappa shape index (κ2) is 1.26. The Morgan fingerprint density at radius 2 is 2.62 bits per heavy atom. The summed E-state index contributed by atoms with van der Waals surface area (Å²) < 4.78 is 5.08. The van der Waals surface area contributed by atoms with E-state index in [0.29, 0.717) is 12.2 Å². The molecule has 8 heavy (non-hydrogen) atoms. The summed E-state index contributed by atoms with van der Waals surface area (Å²) in [5.41, 5.74) is 0. The van der Waals surface area contributed by atoms with E-state index in [0.717, 1.165) is 6.42 Å². The Labute approximate surface area is 47.8 Å². The molecular weight excluding hydrogens is 104 g/mol. The van der Waals surface area contributed by atoms with Crippen molar-refractivity contribution < 1.29 is 9.53 Å². The second-order valence-electron chi connectivity index (χ2n) is 2.41. The fourth-order valence-corrected chi connectivity index (χ4v) is 1.31. The fourth-order valence-electron chi connectivity index (χ4n) is 1.31. The molecule has 2 aliphatic rings. The fraction of sp³-hybridized carbons (Fsp3) is 0.667. The molecule has 2 nitrogen and oxygen atoms in total. The highest BCUT2D eigenvalue weighted by Gasteiger charge is 2.48. The van der Waals surface area contributed by atoms with Gasteiger partial charge in [-0.15, -0.1) is 0 Å². The minimum Gasteiger partial charge on any atom is -0.294 e. The van der Waals surface area contributed by atoms with Crippen LogP contribution in [-0.4, -0.2) is 11.9 Å². The van der Waals surface area contributed by atoms with Crippen LogP contribution in [0.25, 0.3) is 0 Å². The third-order valence-electron chi connectivity index (χ3n) is 1.79. The van der Waals surface area contributed by atoms with Gasteiger partial charge in [0, 0.05) is 12.8 Å². The van der Waals surface area contributed by atoms with Crippen LogP contribution >= 0.6 is 0 Å². The van der Waals surface area contributed by atoms with Gasteiger partial charge in [0.1, 0.15) is 6.10 Å². The molecule has 2 unspecified atom stereocenters. The van der Waals surface area contributed by atoms with Crippen LogP contribution in [-0.2, 0) is 9.53 Å². The second-order valence-corrected chi connectivity index (χ2v) is 2.41. The van der Waals surface area contributed by atoms with Crippen molar-refractivity contribution >= 4 is 5.78 Å². The van der Waals surface area contributed by atoms with Crippen molar-refractivity contribution in [1.82, 2.24) is 0 Å². The van der Waals surface area contributed by atoms with E-state index in [4.69, 9.17) is 4.74 Å². The normalized spacial score (nSPS) is 42.8. The minimum absolute atomic E-state index is 0.153. The summed E-state index contributed by atoms with van der Waals surface area (Å²) in [5, 5.41) is 0. The molecule has 0 aromatic heterocycles. The molecule has 0 spiro atoms. The van der Waals surface area contributed by atoms with Crippen molar-refractivity contribution in [2.45, 2.75) is 18.9 Å². The first-order valence-electron chi connectivity index (χ1n) is 2.88. The number of Topliss-reactive ketones (excluding diaryl/α,β-unsaturated/α-hetero) is 1. The summed E-state index contributed by atoms with van der Waals surface area (Å²) >= 11 is 0. The molecule has 1 heterocycles. The number of hydrogen-bond acceptors (Lipinski definition) is 2. The van der Waals surface area contributed by atoms with Gasteiger partial charge in [0.25, 0.3) is 0 Å². The van der Waals surface area contributed by atoms with Crippen LogP contribution < -0.4 is 0 Å². The largest absolute Gasteiger partial charge is 0.294 e. The summed E-state index contributed by atoms with van der Waals surface area (Å²) in [5.74, 6) is 0.515. The van der Waals surface area contributed by atoms with Gasteiger partial charge < -0.3 is 0 Å². The van der Waals surface area contributed by atoms with E-state index in [2.05, 4.69) is 0 Å². The molecule has 0 N–H and O–H groups in total. The molecule has 0 aromatic rings. The maximum Gasteiger partial charge on any atom is 0.238 e. The number of hydrogen-bond donors (Lipinski definition) is 0. The molecule has 0 radical (unpaired) electrons. The maximum atomic E-state index is 10.7. The Kier molecular flexibility index (Phi) is 0.690. The zero-order chi connectivity index (χ0) is 5.56. The summed E-state index contributed by atoms with van der Waals surface area (Å²) in [6.45, 7) is 1.68. The van der Waals surface area contributed by atoms with E-state index in [-0.39, 0.29) is 12.0 Å². The van der Waals surface area contributed by atoms with Crippen molar-refractivity contribution in [1.29, 1.82) is 0 Å². The Morgan fingerprint density at radius 3 is 2.88 bits per heavy atom. The minimum atomic E-state index is 0.153. The van der Waals surface area contributed by atoms with Crippen molar-refractivity contribution in [3.05, 3.63) is 6.61 Å². The monoisotopic (exact) mass is 111 g/mol. The highest BCUT2D eigenvalue weighted by atomic mass is 16.5. The van der Waals surface area contributed by atoms with Crippen molar-refractivity contribution in [2.24, 2.45) is 5.92 Å². The van der Waals surface area contributed by atoms with Crippen LogP contribution in [0.4, 0.5) is 0 Å². The quantitative estimate of drug-likeness (QED) is 0.426. The van der Waals surface area contributed by atoms with Crippen LogP contribution in [0.3, 0.4) is 0 Å². The molecule has 1 aliphatic heterocycles. The molecular formula is C6H7O2+. The first kappa shape index (κ1) is 4.39. The predicted octanol–water partition coefficient (Wildman–Crippen LogP) is 0.526. The first-order valence-corrected chi connectivity index (χ1v) is 2.88. The van der Waals surface area contributed by atoms with Crippen LogP contribution in [0.2, 0.25) is 0 Å². The Hall–Kier alpha value is -0.500. The van der Waals surface area contributed by atoms with Gasteiger partial charge in [-0.25, -0.2) is 0 Å². The highest BCUT2D eigenvalue weighted by molar-refractivity contribution is 5.85. The van der Waals surface area contributed by atoms with Gasteiger partial charge in [-0.2, -0.15) is 4.74 Å². The van der Waals surface area contributed by atoms with Crippen LogP contribution in [0.1, 0.15) is 12.8 Å². The Morgan fingerprint density at radius 1 is 1.75 bits per heavy atom. The average molecular weight is 111 g/mol. The molecule has 42 valence electrons. The standard InChI is InChI=1S/C6H7O2/c7-6-2-5-1-4(6)3-8-5/h3-5H,1-2H2/q+1. The summed E-state index contributed by atoms with van der Waals surface area (Å²) in [6.07, 6.45) is 1.84. The Bertz CT molecular complexity index is 130. The van der Waals surface area contributed by atoms with Gasteiger partial charge in [0.15, 0.2) is 11.7 Å². The zero-order valence-electron chi connectivity index (χ0n) is 4.46. The lowest BCUT2D eigenvalue weighted by molar-refractivity contribution is -0.123. The van der Waals surface area contributed by atoms with Crippen LogP contribution in [0.5, 0.6) is 0 Å². The molecule has 0 aromatic carbocycles. The van der Waals surface area contributed by atoms with Crippen LogP contribution in [0.15, 0.2) is 0 Å². The van der Waals surface area contributed by atoms with E-state index in [1.165, 1.54) is 0 Å². The van der Waals surface area contributed by atoms with E-state index < -0.39 is 0 Å². The SMILES string of the molecule is O=C1CC2CC1[CH+]O2. The lowest BCUT2D eigenvalue weighted by Gasteiger charge is -1.96. The summed E-state index contributed by atoms with van der Waals surface area (Å²) in [6, 6.07) is 0. The molecule has 1 saturated heterocycles. The first-order chi connectivity index (χ1) is 3.86. The number of rotatable bonds is 0. The van der Waals surface area contributed by atoms with Crippen molar-refractivity contribution in [3.8, 4) is 0 Å². The smallest absolute Gasteiger partial charge is 0.238 e. The average Bonchev–Trinajstić information content (AvgIpc) is 2.23. The third kappa shape index (κ3) is 0.409. The van der Waals surface area contributed by atoms with Gasteiger partial charge in [-0.1, -0.05) is 0 Å². The maximum absolute atomic E-state index is 10.7. The van der Waals surface area contributed by atoms with E-state index in [1.807, 2.05) is 0 Å². The van der Waals surface area contributed by atoms with Gasteiger partial charge in [-0.3, -0.25) is 4.79 Å². The number of fused-ring (bicyclic) bond motifs is 2. The van der Waals surface area contributed by atoms with Gasteiger partial charge in [0.05, 0.1) is 0 Å². The molecule has 0 amide bonds. The van der Waals surface area contributed by atoms with Gasteiger partial charge in [0.2, 0.25) is 6.61 Å². The molecule has 1 saturated carbocycles. The van der Waals surface area contributed by atoms with E-state index in [1.54, 1.807) is 6.61 Å². The van der Waals surface area contributed by atoms with Crippen LogP contribution in [0, 0.1) is 12.5 Å². The molecule has 2 atom stereocenters. The summed E-state index contributed by atoms with van der Waals surface area (Å²) in [7, 11) is 0. The van der Waals surface area contributed by atoms with Gasteiger partial charge >= 0.3 is 0 Å². The lowest BCUT2D eigenvalue weighted by atomic mass is 10.1. The predicted molar refractivity (Wildman–Crippen MR) is 26.9 cm³/mol. The van der Waals surface area contributed by atoms with Gasteiger partial charge in [-0.05, 0) is 0 Å². The zero-order valence-corrected chi connectivity index (χ0v) is 4.46. The Balaban J connectivity index is 2.22. The molecule has 2 rings (SSSR count). The lowest BCUT2D eigenvalue weighted by Crippen LogP contribution is -2.12. The van der Waals surface area contributed by atoms with E-state index >= 15 is 0 Å². The molecule has 1 aliphatic carbocycles. The molecule has 2 fully saturated rings. The highest BCUT2D eigenvalue weighted by Crippen LogP contribution is 2.34. The van der Waals surface area contributed by atoms with Crippen molar-refractivity contribution in [3.63, 3.8) is 0 Å². The molecule has 2 bridgehead atoms. The summed E-state index contributed by atoms with van der Waals surface area (Å²) in [4.78, 5) is 10.7. The topological polar surface area (TPSA) is 26.3 Å². The van der Waals surface area contributed by atoms with E-state index in [9.17, 15) is 4.79 Å². The number of ketones is 1. The number of carbonyl (C=O) groups is 1. The molecule has 2 heteroatoms. The number of carbonyl (C=O) groups excluding carboxylic acids is 1. The van der Waals surface area contributed by atoms with Crippen molar-refractivity contribution in [2.75, 3.05) is 0 Å². The number of ether oxygens (including phenoxy) is 1.